The molecular weight excluding hydrogens is 467 g/mol. The van der Waals surface area contributed by atoms with Crippen molar-refractivity contribution in [3.63, 3.8) is 0 Å². The summed E-state index contributed by atoms with van der Waals surface area (Å²) in [6.07, 6.45) is 1.88. The number of hydrogen-bond acceptors (Lipinski definition) is 2. The van der Waals surface area contributed by atoms with Crippen molar-refractivity contribution in [2.75, 3.05) is 10.6 Å². The molecule has 2 N–H and O–H groups in total. The number of thiocarbonyl (C=S) groups is 1. The van der Waals surface area contributed by atoms with Gasteiger partial charge >= 0.3 is 0 Å². The van der Waals surface area contributed by atoms with E-state index in [4.69, 9.17) is 35.4 Å². The Balaban J connectivity index is 1.68. The third kappa shape index (κ3) is 5.23. The molecule has 27 heavy (non-hydrogen) atoms. The Morgan fingerprint density at radius 2 is 1.89 bits per heavy atom. The van der Waals surface area contributed by atoms with Crippen molar-refractivity contribution < 1.29 is 0 Å². The lowest BCUT2D eigenvalue weighted by Crippen LogP contribution is -2.20. The number of hydrogen-bond donors (Lipinski definition) is 2. The van der Waals surface area contributed by atoms with E-state index in [1.165, 1.54) is 5.56 Å². The first-order valence-corrected chi connectivity index (χ1v) is 10.1. The van der Waals surface area contributed by atoms with Gasteiger partial charge in [0.2, 0.25) is 0 Å². The first-order chi connectivity index (χ1) is 12.8. The molecule has 0 spiro atoms. The number of halogens is 3. The molecule has 1 aromatic heterocycles. The summed E-state index contributed by atoms with van der Waals surface area (Å²) in [4.78, 5) is 0. The van der Waals surface area contributed by atoms with Crippen molar-refractivity contribution >= 4 is 68.0 Å². The van der Waals surface area contributed by atoms with Crippen LogP contribution >= 0.6 is 51.3 Å². The molecule has 0 radical (unpaired) electrons. The van der Waals surface area contributed by atoms with E-state index >= 15 is 0 Å². The van der Waals surface area contributed by atoms with E-state index in [9.17, 15) is 0 Å². The molecule has 0 atom stereocenters. The second-order valence-corrected chi connectivity index (χ2v) is 8.25. The Hall–Kier alpha value is -1.60. The van der Waals surface area contributed by atoms with Crippen LogP contribution in [0.2, 0.25) is 10.0 Å². The quantitative estimate of drug-likeness (QED) is 0.419. The molecule has 0 unspecified atom stereocenters. The molecule has 3 rings (SSSR count). The van der Waals surface area contributed by atoms with E-state index in [0.29, 0.717) is 27.5 Å². The summed E-state index contributed by atoms with van der Waals surface area (Å²) in [5.41, 5.74) is 4.30. The van der Waals surface area contributed by atoms with Crippen molar-refractivity contribution in [1.82, 2.24) is 9.78 Å². The van der Waals surface area contributed by atoms with Gasteiger partial charge in [-0.05, 0) is 71.3 Å². The lowest BCUT2D eigenvalue weighted by molar-refractivity contribution is 0.689. The fourth-order valence-corrected chi connectivity index (χ4v) is 3.54. The molecule has 0 fully saturated rings. The second kappa shape index (κ2) is 8.61. The average Bonchev–Trinajstić information content (AvgIpc) is 2.93. The summed E-state index contributed by atoms with van der Waals surface area (Å²) >= 11 is 21.0. The molecule has 0 amide bonds. The molecule has 3 aromatic rings. The third-order valence-electron chi connectivity index (χ3n) is 3.91. The van der Waals surface area contributed by atoms with Crippen LogP contribution in [0.4, 0.5) is 11.5 Å². The predicted octanol–water partition coefficient (Wildman–Crippen LogP) is 6.43. The highest BCUT2D eigenvalue weighted by Crippen LogP contribution is 2.25. The average molecular weight is 484 g/mol. The largest absolute Gasteiger partial charge is 0.332 e. The van der Waals surface area contributed by atoms with Crippen LogP contribution in [0.25, 0.3) is 0 Å². The van der Waals surface area contributed by atoms with Gasteiger partial charge in [-0.15, -0.1) is 0 Å². The number of rotatable bonds is 4. The minimum absolute atomic E-state index is 0.474. The highest BCUT2D eigenvalue weighted by Gasteiger charge is 2.10. The van der Waals surface area contributed by atoms with Crippen LogP contribution in [-0.4, -0.2) is 14.9 Å². The number of aryl methyl sites for hydroxylation is 2. The van der Waals surface area contributed by atoms with E-state index in [1.54, 1.807) is 10.7 Å². The maximum absolute atomic E-state index is 6.08. The van der Waals surface area contributed by atoms with Crippen LogP contribution in [0.3, 0.4) is 0 Å². The van der Waals surface area contributed by atoms with Gasteiger partial charge in [0.1, 0.15) is 0 Å². The molecule has 2 aromatic carbocycles. The first-order valence-electron chi connectivity index (χ1n) is 8.14. The third-order valence-corrected chi connectivity index (χ3v) is 5.43. The molecular formula is C19H17BrCl2N4S. The van der Waals surface area contributed by atoms with Crippen molar-refractivity contribution in [2.24, 2.45) is 0 Å². The maximum atomic E-state index is 6.08. The summed E-state index contributed by atoms with van der Waals surface area (Å²) in [7, 11) is 0. The zero-order valence-electron chi connectivity index (χ0n) is 14.7. The molecule has 0 saturated heterocycles. The van der Waals surface area contributed by atoms with Gasteiger partial charge in [-0.25, -0.2) is 0 Å². The summed E-state index contributed by atoms with van der Waals surface area (Å²) in [5, 5.41) is 12.4. The lowest BCUT2D eigenvalue weighted by atomic mass is 10.1. The number of aromatic nitrogens is 2. The minimum atomic E-state index is 0.474. The van der Waals surface area contributed by atoms with Crippen molar-refractivity contribution in [3.8, 4) is 0 Å². The molecule has 140 valence electrons. The van der Waals surface area contributed by atoms with E-state index in [2.05, 4.69) is 44.7 Å². The second-order valence-electron chi connectivity index (χ2n) is 6.17. The molecule has 0 aliphatic carbocycles. The van der Waals surface area contributed by atoms with Crippen LogP contribution < -0.4 is 10.6 Å². The van der Waals surface area contributed by atoms with E-state index in [1.807, 2.05) is 37.4 Å². The molecule has 0 aliphatic heterocycles. The molecule has 4 nitrogen and oxygen atoms in total. The summed E-state index contributed by atoms with van der Waals surface area (Å²) < 4.78 is 2.61. The molecule has 0 saturated carbocycles. The number of nitrogens with one attached hydrogen (secondary N) is 2. The fraction of sp³-hybridized carbons (Fsp3) is 0.158. The zero-order valence-corrected chi connectivity index (χ0v) is 18.6. The van der Waals surface area contributed by atoms with Gasteiger partial charge < -0.3 is 10.6 Å². The highest BCUT2D eigenvalue weighted by molar-refractivity contribution is 9.10. The predicted molar refractivity (Wildman–Crippen MR) is 121 cm³/mol. The number of nitrogens with zero attached hydrogens (tertiary/aromatic N) is 2. The van der Waals surface area contributed by atoms with Crippen molar-refractivity contribution in [2.45, 2.75) is 20.4 Å². The molecule has 0 aliphatic rings. The van der Waals surface area contributed by atoms with E-state index < -0.39 is 0 Å². The minimum Gasteiger partial charge on any atom is -0.332 e. The van der Waals surface area contributed by atoms with E-state index in [0.717, 1.165) is 21.3 Å². The monoisotopic (exact) mass is 482 g/mol. The Bertz CT molecular complexity index is 1000. The van der Waals surface area contributed by atoms with Crippen molar-refractivity contribution in [3.05, 3.63) is 73.8 Å². The maximum Gasteiger partial charge on any atom is 0.176 e. The standard InChI is InChI=1S/C19H17BrCl2N4S/c1-11-3-6-17(12(2)7-11)23-19(27)24-18-14(20)10-26(25-18)9-13-4-5-15(21)16(22)8-13/h3-8,10H,9H2,1-2H3,(H2,23,24,25,27). The van der Waals surface area contributed by atoms with Gasteiger partial charge in [0.25, 0.3) is 0 Å². The van der Waals surface area contributed by atoms with Crippen LogP contribution in [0, 0.1) is 13.8 Å². The van der Waals surface area contributed by atoms with Crippen LogP contribution in [0.1, 0.15) is 16.7 Å². The van der Waals surface area contributed by atoms with Gasteiger partial charge in [0.15, 0.2) is 10.9 Å². The van der Waals surface area contributed by atoms with Crippen LogP contribution in [-0.2, 0) is 6.54 Å². The number of benzene rings is 2. The summed E-state index contributed by atoms with van der Waals surface area (Å²) in [5.74, 6) is 0.636. The molecule has 0 bridgehead atoms. The Morgan fingerprint density at radius 1 is 1.11 bits per heavy atom. The van der Waals surface area contributed by atoms with Gasteiger partial charge in [-0.2, -0.15) is 5.10 Å². The Morgan fingerprint density at radius 3 is 2.59 bits per heavy atom. The normalized spacial score (nSPS) is 10.7. The zero-order chi connectivity index (χ0) is 19.6. The number of anilines is 2. The molecule has 8 heteroatoms. The van der Waals surface area contributed by atoms with Crippen molar-refractivity contribution in [1.29, 1.82) is 0 Å². The fourth-order valence-electron chi connectivity index (χ4n) is 2.60. The summed E-state index contributed by atoms with van der Waals surface area (Å²) in [6.45, 7) is 4.67. The smallest absolute Gasteiger partial charge is 0.176 e. The van der Waals surface area contributed by atoms with Gasteiger partial charge in [-0.1, -0.05) is 47.0 Å². The lowest BCUT2D eigenvalue weighted by Gasteiger charge is -2.12. The van der Waals surface area contributed by atoms with Gasteiger partial charge in [0, 0.05) is 11.9 Å². The first kappa shape index (κ1) is 20.1. The highest BCUT2D eigenvalue weighted by atomic mass is 79.9. The van der Waals surface area contributed by atoms with E-state index in [-0.39, 0.29) is 0 Å². The molecule has 1 heterocycles. The topological polar surface area (TPSA) is 41.9 Å². The Kier molecular flexibility index (Phi) is 6.42. The Labute approximate surface area is 182 Å². The van der Waals surface area contributed by atoms with Gasteiger partial charge in [-0.3, -0.25) is 4.68 Å². The van der Waals surface area contributed by atoms with Gasteiger partial charge in [0.05, 0.1) is 21.1 Å². The SMILES string of the molecule is Cc1ccc(NC(=S)Nc2nn(Cc3ccc(Cl)c(Cl)c3)cc2Br)c(C)c1. The van der Waals surface area contributed by atoms with Crippen LogP contribution in [0.15, 0.2) is 47.1 Å². The summed E-state index contributed by atoms with van der Waals surface area (Å²) in [6, 6.07) is 11.7. The van der Waals surface area contributed by atoms with Crippen LogP contribution in [0.5, 0.6) is 0 Å².